The number of nitrogens with one attached hydrogen (secondary N) is 1. The van der Waals surface area contributed by atoms with Crippen molar-refractivity contribution in [2.75, 3.05) is 31.9 Å². The lowest BCUT2D eigenvalue weighted by Gasteiger charge is -2.33. The topological polar surface area (TPSA) is 52.6 Å². The highest BCUT2D eigenvalue weighted by atomic mass is 32.2. The Labute approximate surface area is 120 Å². The summed E-state index contributed by atoms with van der Waals surface area (Å²) in [5.41, 5.74) is 0. The smallest absolute Gasteiger partial charge is 0.232 e. The van der Waals surface area contributed by atoms with Gasteiger partial charge >= 0.3 is 0 Å². The number of likely N-dealkylation sites (tertiary alicyclic amines) is 1. The standard InChI is InChI=1S/C14H26N2O2S/c1-11(17)12-4-8-16(9-5-12)14(18)10-19-13-2-6-15-7-3-13/h11-13,15,17H,2-10H2,1H3. The van der Waals surface area contributed by atoms with Gasteiger partial charge in [-0.3, -0.25) is 4.79 Å². The lowest BCUT2D eigenvalue weighted by Crippen LogP contribution is -2.42. The van der Waals surface area contributed by atoms with Crippen LogP contribution in [0.2, 0.25) is 0 Å². The van der Waals surface area contributed by atoms with Crippen LogP contribution in [0.15, 0.2) is 0 Å². The first-order valence-corrected chi connectivity index (χ1v) is 8.50. The minimum Gasteiger partial charge on any atom is -0.393 e. The number of hydrogen-bond donors (Lipinski definition) is 2. The van der Waals surface area contributed by atoms with Gasteiger partial charge in [0.25, 0.3) is 0 Å². The molecule has 19 heavy (non-hydrogen) atoms. The van der Waals surface area contributed by atoms with Crippen molar-refractivity contribution >= 4 is 17.7 Å². The predicted octanol–water partition coefficient (Wildman–Crippen LogP) is 1.09. The van der Waals surface area contributed by atoms with Gasteiger partial charge in [-0.1, -0.05) is 0 Å². The van der Waals surface area contributed by atoms with Crippen LogP contribution in [0.25, 0.3) is 0 Å². The van der Waals surface area contributed by atoms with E-state index in [1.165, 1.54) is 12.8 Å². The van der Waals surface area contributed by atoms with Crippen LogP contribution in [0.1, 0.15) is 32.6 Å². The van der Waals surface area contributed by atoms with Gasteiger partial charge in [0.1, 0.15) is 0 Å². The molecule has 1 amide bonds. The molecule has 0 saturated carbocycles. The zero-order chi connectivity index (χ0) is 13.7. The van der Waals surface area contributed by atoms with Crippen molar-refractivity contribution < 1.29 is 9.90 Å². The van der Waals surface area contributed by atoms with Crippen molar-refractivity contribution in [3.05, 3.63) is 0 Å². The highest BCUT2D eigenvalue weighted by Gasteiger charge is 2.25. The molecule has 110 valence electrons. The minimum atomic E-state index is -0.235. The number of thioether (sulfide) groups is 1. The summed E-state index contributed by atoms with van der Waals surface area (Å²) in [6.45, 7) is 5.68. The highest BCUT2D eigenvalue weighted by Crippen LogP contribution is 2.23. The Kier molecular flexibility index (Phi) is 5.98. The van der Waals surface area contributed by atoms with Crippen molar-refractivity contribution in [2.45, 2.75) is 44.0 Å². The number of piperidine rings is 2. The molecule has 0 aromatic rings. The summed E-state index contributed by atoms with van der Waals surface area (Å²) in [7, 11) is 0. The second-order valence-electron chi connectivity index (χ2n) is 5.72. The van der Waals surface area contributed by atoms with E-state index in [9.17, 15) is 9.90 Å². The molecule has 2 aliphatic heterocycles. The third-order valence-electron chi connectivity index (χ3n) is 4.30. The lowest BCUT2D eigenvalue weighted by atomic mass is 9.92. The summed E-state index contributed by atoms with van der Waals surface area (Å²) >= 11 is 1.83. The van der Waals surface area contributed by atoms with Gasteiger partial charge in [0.05, 0.1) is 11.9 Å². The number of carbonyl (C=O) groups excluding carboxylic acids is 1. The van der Waals surface area contributed by atoms with Crippen molar-refractivity contribution in [2.24, 2.45) is 5.92 Å². The molecule has 4 nitrogen and oxygen atoms in total. The van der Waals surface area contributed by atoms with E-state index in [1.807, 2.05) is 23.6 Å². The fourth-order valence-corrected chi connectivity index (χ4v) is 4.00. The van der Waals surface area contributed by atoms with E-state index in [-0.39, 0.29) is 12.0 Å². The normalized spacial score (nSPS) is 24.4. The molecule has 2 saturated heterocycles. The molecule has 0 spiro atoms. The van der Waals surface area contributed by atoms with Gasteiger partial charge in [-0.2, -0.15) is 0 Å². The number of rotatable bonds is 4. The van der Waals surface area contributed by atoms with Crippen LogP contribution < -0.4 is 5.32 Å². The van der Waals surface area contributed by atoms with E-state index < -0.39 is 0 Å². The Morgan fingerprint density at radius 2 is 1.95 bits per heavy atom. The van der Waals surface area contributed by atoms with Crippen molar-refractivity contribution in [3.8, 4) is 0 Å². The van der Waals surface area contributed by atoms with E-state index in [0.29, 0.717) is 16.9 Å². The van der Waals surface area contributed by atoms with Gasteiger partial charge in [0, 0.05) is 18.3 Å². The summed E-state index contributed by atoms with van der Waals surface area (Å²) in [5, 5.41) is 13.6. The second-order valence-corrected chi connectivity index (χ2v) is 7.01. The quantitative estimate of drug-likeness (QED) is 0.812. The maximum absolute atomic E-state index is 12.1. The Balaban J connectivity index is 1.66. The molecular formula is C14H26N2O2S. The predicted molar refractivity (Wildman–Crippen MR) is 79.3 cm³/mol. The van der Waals surface area contributed by atoms with E-state index in [4.69, 9.17) is 0 Å². The SMILES string of the molecule is CC(O)C1CCN(C(=O)CSC2CCNCC2)CC1. The number of aliphatic hydroxyl groups excluding tert-OH is 1. The monoisotopic (exact) mass is 286 g/mol. The third kappa shape index (κ3) is 4.65. The highest BCUT2D eigenvalue weighted by molar-refractivity contribution is 8.00. The van der Waals surface area contributed by atoms with E-state index in [2.05, 4.69) is 5.32 Å². The molecule has 0 aromatic heterocycles. The van der Waals surface area contributed by atoms with E-state index in [0.717, 1.165) is 39.0 Å². The molecule has 2 N–H and O–H groups in total. The Morgan fingerprint density at radius 3 is 2.53 bits per heavy atom. The van der Waals surface area contributed by atoms with Crippen LogP contribution in [0.4, 0.5) is 0 Å². The van der Waals surface area contributed by atoms with Crippen molar-refractivity contribution in [3.63, 3.8) is 0 Å². The van der Waals surface area contributed by atoms with E-state index in [1.54, 1.807) is 0 Å². The van der Waals surface area contributed by atoms with E-state index >= 15 is 0 Å². The first-order chi connectivity index (χ1) is 9.16. The zero-order valence-electron chi connectivity index (χ0n) is 11.8. The number of nitrogens with zero attached hydrogens (tertiary/aromatic N) is 1. The van der Waals surface area contributed by atoms with Crippen LogP contribution in [-0.4, -0.2) is 59.2 Å². The zero-order valence-corrected chi connectivity index (χ0v) is 12.6. The van der Waals surface area contributed by atoms with Crippen LogP contribution in [0.3, 0.4) is 0 Å². The maximum Gasteiger partial charge on any atom is 0.232 e. The molecule has 0 radical (unpaired) electrons. The Morgan fingerprint density at radius 1 is 1.32 bits per heavy atom. The van der Waals surface area contributed by atoms with Gasteiger partial charge in [0.15, 0.2) is 0 Å². The van der Waals surface area contributed by atoms with Crippen molar-refractivity contribution in [1.29, 1.82) is 0 Å². The van der Waals surface area contributed by atoms with Crippen LogP contribution >= 0.6 is 11.8 Å². The second kappa shape index (κ2) is 7.50. The first-order valence-electron chi connectivity index (χ1n) is 7.45. The first kappa shape index (κ1) is 15.1. The van der Waals surface area contributed by atoms with Crippen LogP contribution in [0.5, 0.6) is 0 Å². The van der Waals surface area contributed by atoms with Gasteiger partial charge in [-0.25, -0.2) is 0 Å². The summed E-state index contributed by atoms with van der Waals surface area (Å²) in [6, 6.07) is 0. The van der Waals surface area contributed by atoms with Gasteiger partial charge < -0.3 is 15.3 Å². The average Bonchev–Trinajstić information content (AvgIpc) is 2.46. The molecule has 2 aliphatic rings. The molecule has 1 atom stereocenters. The lowest BCUT2D eigenvalue weighted by molar-refractivity contribution is -0.130. The van der Waals surface area contributed by atoms with Crippen molar-refractivity contribution in [1.82, 2.24) is 10.2 Å². The molecule has 2 heterocycles. The Bertz CT molecular complexity index is 285. The molecule has 5 heteroatoms. The molecule has 2 rings (SSSR count). The summed E-state index contributed by atoms with van der Waals surface area (Å²) < 4.78 is 0. The fourth-order valence-electron chi connectivity index (χ4n) is 2.87. The van der Waals surface area contributed by atoms with Crippen LogP contribution in [0, 0.1) is 5.92 Å². The molecule has 2 fully saturated rings. The molecule has 0 bridgehead atoms. The molecular weight excluding hydrogens is 260 g/mol. The van der Waals surface area contributed by atoms with Gasteiger partial charge in [-0.15, -0.1) is 11.8 Å². The van der Waals surface area contributed by atoms with Gasteiger partial charge in [-0.05, 0) is 51.6 Å². The Hall–Kier alpha value is -0.260. The fraction of sp³-hybridized carbons (Fsp3) is 0.929. The number of carbonyl (C=O) groups is 1. The number of aliphatic hydroxyl groups is 1. The van der Waals surface area contributed by atoms with Crippen LogP contribution in [-0.2, 0) is 4.79 Å². The summed E-state index contributed by atoms with van der Waals surface area (Å²) in [6.07, 6.45) is 4.02. The number of hydrogen-bond acceptors (Lipinski definition) is 4. The summed E-state index contributed by atoms with van der Waals surface area (Å²) in [4.78, 5) is 14.1. The molecule has 1 unspecified atom stereocenters. The average molecular weight is 286 g/mol. The third-order valence-corrected chi connectivity index (χ3v) is 5.66. The molecule has 0 aliphatic carbocycles. The van der Waals surface area contributed by atoms with Gasteiger partial charge in [0.2, 0.25) is 5.91 Å². The summed E-state index contributed by atoms with van der Waals surface area (Å²) in [5.74, 6) is 1.29. The minimum absolute atomic E-state index is 0.235. The maximum atomic E-state index is 12.1. The molecule has 0 aromatic carbocycles. The largest absolute Gasteiger partial charge is 0.393 e. The number of amides is 1.